The number of ether oxygens (including phenoxy) is 1. The second kappa shape index (κ2) is 6.37. The Hall–Kier alpha value is -2.05. The van der Waals surface area contributed by atoms with Gasteiger partial charge < -0.3 is 8.92 Å². The van der Waals surface area contributed by atoms with E-state index in [1.807, 2.05) is 0 Å². The summed E-state index contributed by atoms with van der Waals surface area (Å²) in [5.74, 6) is -0.813. The summed E-state index contributed by atoms with van der Waals surface area (Å²) in [7, 11) is -2.97. The topological polar surface area (TPSA) is 69.7 Å². The van der Waals surface area contributed by atoms with Crippen LogP contribution in [0.5, 0.6) is 5.75 Å². The summed E-state index contributed by atoms with van der Waals surface area (Å²) in [5, 5.41) is 0.0514. The Morgan fingerprint density at radius 3 is 2.45 bits per heavy atom. The van der Waals surface area contributed by atoms with Crippen molar-refractivity contribution in [3.05, 3.63) is 58.6 Å². The smallest absolute Gasteiger partial charge is 0.341 e. The van der Waals surface area contributed by atoms with Crippen LogP contribution in [-0.2, 0) is 14.9 Å². The number of hydrogen-bond donors (Lipinski definition) is 0. The Kier molecular flexibility index (Phi) is 4.73. The molecule has 0 bridgehead atoms. The van der Waals surface area contributed by atoms with E-state index < -0.39 is 16.1 Å². The zero-order valence-electron chi connectivity index (χ0n) is 11.9. The van der Waals surface area contributed by atoms with Crippen molar-refractivity contribution in [2.45, 2.75) is 11.8 Å². The third-order valence-electron chi connectivity index (χ3n) is 2.85. The van der Waals surface area contributed by atoms with E-state index in [2.05, 4.69) is 4.74 Å². The molecule has 0 fully saturated rings. The first kappa shape index (κ1) is 16.3. The van der Waals surface area contributed by atoms with Crippen LogP contribution in [0.2, 0.25) is 5.02 Å². The largest absolute Gasteiger partial charge is 0.465 e. The van der Waals surface area contributed by atoms with Gasteiger partial charge in [-0.15, -0.1) is 0 Å². The van der Waals surface area contributed by atoms with Gasteiger partial charge in [0.2, 0.25) is 0 Å². The zero-order chi connectivity index (χ0) is 16.3. The average molecular weight is 341 g/mol. The number of methoxy groups -OCH3 is 1. The molecular weight excluding hydrogens is 328 g/mol. The Labute approximate surface area is 133 Å². The molecule has 0 heterocycles. The van der Waals surface area contributed by atoms with Crippen molar-refractivity contribution in [1.29, 1.82) is 0 Å². The van der Waals surface area contributed by atoms with Gasteiger partial charge in [0.15, 0.2) is 5.75 Å². The lowest BCUT2D eigenvalue weighted by Crippen LogP contribution is -2.13. The van der Waals surface area contributed by atoms with Crippen LogP contribution in [-0.4, -0.2) is 21.5 Å². The van der Waals surface area contributed by atoms with Crippen LogP contribution >= 0.6 is 11.6 Å². The number of para-hydroxylation sites is 1. The molecule has 22 heavy (non-hydrogen) atoms. The van der Waals surface area contributed by atoms with Crippen LogP contribution in [0.4, 0.5) is 0 Å². The van der Waals surface area contributed by atoms with E-state index >= 15 is 0 Å². The van der Waals surface area contributed by atoms with Gasteiger partial charge in [-0.1, -0.05) is 29.8 Å². The second-order valence-corrected chi connectivity index (χ2v) is 6.38. The van der Waals surface area contributed by atoms with Crippen LogP contribution in [0.25, 0.3) is 0 Å². The average Bonchev–Trinajstić information content (AvgIpc) is 2.46. The predicted octanol–water partition coefficient (Wildman–Crippen LogP) is 3.20. The highest BCUT2D eigenvalue weighted by atomic mass is 35.5. The highest BCUT2D eigenvalue weighted by molar-refractivity contribution is 7.87. The molecule has 5 nitrogen and oxygen atoms in total. The normalized spacial score (nSPS) is 11.0. The van der Waals surface area contributed by atoms with E-state index in [1.165, 1.54) is 31.4 Å². The molecule has 116 valence electrons. The first-order chi connectivity index (χ1) is 10.3. The second-order valence-electron chi connectivity index (χ2n) is 4.46. The molecule has 0 atom stereocenters. The van der Waals surface area contributed by atoms with Gasteiger partial charge in [-0.05, 0) is 36.8 Å². The van der Waals surface area contributed by atoms with Crippen molar-refractivity contribution in [1.82, 2.24) is 0 Å². The molecule has 2 rings (SSSR count). The van der Waals surface area contributed by atoms with E-state index in [0.717, 1.165) is 5.56 Å². The minimum Gasteiger partial charge on any atom is -0.465 e. The van der Waals surface area contributed by atoms with Gasteiger partial charge >= 0.3 is 16.1 Å². The quantitative estimate of drug-likeness (QED) is 0.631. The fourth-order valence-electron chi connectivity index (χ4n) is 1.79. The summed E-state index contributed by atoms with van der Waals surface area (Å²) in [6.45, 7) is 1.79. The summed E-state index contributed by atoms with van der Waals surface area (Å²) in [5.41, 5.74) is 0.829. The molecule has 2 aromatic rings. The molecule has 0 spiro atoms. The number of carbonyl (C=O) groups is 1. The zero-order valence-corrected chi connectivity index (χ0v) is 13.4. The fourth-order valence-corrected chi connectivity index (χ4v) is 3.31. The molecule has 0 N–H and O–H groups in total. The summed E-state index contributed by atoms with van der Waals surface area (Å²) in [6, 6.07) is 10.4. The number of esters is 1. The molecule has 0 aliphatic heterocycles. The number of rotatable bonds is 4. The first-order valence-electron chi connectivity index (χ1n) is 6.23. The maximum Gasteiger partial charge on any atom is 0.341 e. The Balaban J connectivity index is 2.44. The third-order valence-corrected chi connectivity index (χ3v) is 4.57. The van der Waals surface area contributed by atoms with Gasteiger partial charge in [-0.25, -0.2) is 4.79 Å². The van der Waals surface area contributed by atoms with Crippen LogP contribution in [0.15, 0.2) is 47.4 Å². The highest BCUT2D eigenvalue weighted by Gasteiger charge is 2.23. The summed E-state index contributed by atoms with van der Waals surface area (Å²) in [4.78, 5) is 11.5. The molecule has 0 aliphatic rings. The number of hydrogen-bond acceptors (Lipinski definition) is 5. The summed E-state index contributed by atoms with van der Waals surface area (Å²) >= 11 is 5.96. The molecule has 0 amide bonds. The van der Waals surface area contributed by atoms with E-state index in [1.54, 1.807) is 25.1 Å². The minimum absolute atomic E-state index is 0.0109. The van der Waals surface area contributed by atoms with Crippen molar-refractivity contribution in [2.24, 2.45) is 0 Å². The number of benzene rings is 2. The fraction of sp³-hybridized carbons (Fsp3) is 0.133. The molecule has 0 radical (unpaired) electrons. The highest BCUT2D eigenvalue weighted by Crippen LogP contribution is 2.28. The predicted molar refractivity (Wildman–Crippen MR) is 81.8 cm³/mol. The SMILES string of the molecule is COC(=O)c1ccccc1OS(=O)(=O)c1ccc(C)cc1Cl. The van der Waals surface area contributed by atoms with Crippen LogP contribution in [0.3, 0.4) is 0 Å². The van der Waals surface area contributed by atoms with Crippen molar-refractivity contribution >= 4 is 27.7 Å². The van der Waals surface area contributed by atoms with E-state index in [0.29, 0.717) is 0 Å². The van der Waals surface area contributed by atoms with Gasteiger partial charge in [0.1, 0.15) is 10.5 Å². The van der Waals surface area contributed by atoms with Crippen LogP contribution < -0.4 is 4.18 Å². The summed E-state index contributed by atoms with van der Waals surface area (Å²) < 4.78 is 34.3. The van der Waals surface area contributed by atoms with Crippen molar-refractivity contribution in [3.8, 4) is 5.75 Å². The van der Waals surface area contributed by atoms with Crippen molar-refractivity contribution in [2.75, 3.05) is 7.11 Å². The van der Waals surface area contributed by atoms with Crippen LogP contribution in [0, 0.1) is 6.92 Å². The molecular formula is C15H13ClO5S. The van der Waals surface area contributed by atoms with E-state index in [-0.39, 0.29) is 21.2 Å². The Morgan fingerprint density at radius 1 is 1.14 bits per heavy atom. The molecule has 0 unspecified atom stereocenters. The Bertz CT molecular complexity index is 814. The molecule has 2 aromatic carbocycles. The summed E-state index contributed by atoms with van der Waals surface area (Å²) in [6.07, 6.45) is 0. The first-order valence-corrected chi connectivity index (χ1v) is 8.02. The maximum absolute atomic E-state index is 12.3. The minimum atomic E-state index is -4.16. The monoisotopic (exact) mass is 340 g/mol. The van der Waals surface area contributed by atoms with Gasteiger partial charge in [-0.3, -0.25) is 0 Å². The lowest BCUT2D eigenvalue weighted by Gasteiger charge is -2.11. The van der Waals surface area contributed by atoms with E-state index in [9.17, 15) is 13.2 Å². The lowest BCUT2D eigenvalue weighted by molar-refractivity contribution is 0.0599. The maximum atomic E-state index is 12.3. The molecule has 7 heteroatoms. The van der Waals surface area contributed by atoms with Crippen molar-refractivity contribution in [3.63, 3.8) is 0 Å². The molecule has 0 saturated carbocycles. The van der Waals surface area contributed by atoms with Gasteiger partial charge in [0, 0.05) is 0 Å². The molecule has 0 saturated heterocycles. The van der Waals surface area contributed by atoms with E-state index in [4.69, 9.17) is 15.8 Å². The number of aryl methyl sites for hydroxylation is 1. The Morgan fingerprint density at radius 2 is 1.82 bits per heavy atom. The third kappa shape index (κ3) is 3.40. The van der Waals surface area contributed by atoms with Gasteiger partial charge in [0.25, 0.3) is 0 Å². The van der Waals surface area contributed by atoms with Crippen LogP contribution in [0.1, 0.15) is 15.9 Å². The standard InChI is InChI=1S/C15H13ClO5S/c1-10-7-8-14(12(16)9-10)22(18,19)21-13-6-4-3-5-11(13)15(17)20-2/h3-9H,1-2H3. The number of carbonyl (C=O) groups excluding carboxylic acids is 1. The molecule has 0 aliphatic carbocycles. The van der Waals surface area contributed by atoms with Gasteiger partial charge in [0.05, 0.1) is 12.1 Å². The molecule has 0 aromatic heterocycles. The number of halogens is 1. The lowest BCUT2D eigenvalue weighted by atomic mass is 10.2. The van der Waals surface area contributed by atoms with Crippen molar-refractivity contribution < 1.29 is 22.1 Å². The van der Waals surface area contributed by atoms with Gasteiger partial charge in [-0.2, -0.15) is 8.42 Å².